The molecule has 3 rings (SSSR count). The maximum atomic E-state index is 12.8. The number of halogens is 2. The average molecular weight is 435 g/mol. The van der Waals surface area contributed by atoms with Crippen LogP contribution in [-0.2, 0) is 4.79 Å². The quantitative estimate of drug-likeness (QED) is 0.679. The minimum atomic E-state index is 0.0667. The Hall–Kier alpha value is -0.200. The van der Waals surface area contributed by atoms with Gasteiger partial charge in [0, 0.05) is 29.4 Å². The molecule has 0 bridgehead atoms. The number of hydrogen-bond donors (Lipinski definition) is 0. The van der Waals surface area contributed by atoms with Gasteiger partial charge in [0.15, 0.2) is 0 Å². The maximum absolute atomic E-state index is 12.8. The van der Waals surface area contributed by atoms with Gasteiger partial charge in [0.25, 0.3) is 5.91 Å². The van der Waals surface area contributed by atoms with Crippen molar-refractivity contribution in [2.75, 3.05) is 6.54 Å². The summed E-state index contributed by atoms with van der Waals surface area (Å²) < 4.78 is 1.86. The smallest absolute Gasteiger partial charge is 0.264 e. The van der Waals surface area contributed by atoms with Crippen molar-refractivity contribution in [2.24, 2.45) is 5.92 Å². The molecule has 0 spiro atoms. The summed E-state index contributed by atoms with van der Waals surface area (Å²) in [5, 5.41) is 0. The van der Waals surface area contributed by atoms with Gasteiger partial charge in [-0.25, -0.2) is 0 Å². The maximum Gasteiger partial charge on any atom is 0.264 e. The SMILES string of the molecule is O=C1CCCCC1C1CCCN1C(=O)c1cc(Br)c(Br)s1. The van der Waals surface area contributed by atoms with Crippen molar-refractivity contribution < 1.29 is 9.59 Å². The summed E-state index contributed by atoms with van der Waals surface area (Å²) in [6.45, 7) is 0.778. The topological polar surface area (TPSA) is 37.4 Å². The van der Waals surface area contributed by atoms with Crippen LogP contribution in [0.5, 0.6) is 0 Å². The van der Waals surface area contributed by atoms with Crippen LogP contribution >= 0.6 is 43.2 Å². The van der Waals surface area contributed by atoms with Crippen molar-refractivity contribution in [3.63, 3.8) is 0 Å². The second-order valence-electron chi connectivity index (χ2n) is 5.76. The number of rotatable bonds is 2. The van der Waals surface area contributed by atoms with Crippen molar-refractivity contribution in [2.45, 2.75) is 44.6 Å². The van der Waals surface area contributed by atoms with E-state index in [0.29, 0.717) is 12.2 Å². The average Bonchev–Trinajstić information content (AvgIpc) is 3.06. The number of nitrogens with zero attached hydrogens (tertiary/aromatic N) is 1. The highest BCUT2D eigenvalue weighted by Gasteiger charge is 2.39. The molecule has 1 aliphatic carbocycles. The first-order valence-electron chi connectivity index (χ1n) is 7.36. The molecule has 0 aromatic carbocycles. The highest BCUT2D eigenvalue weighted by Crippen LogP contribution is 2.37. The molecule has 1 amide bonds. The molecule has 2 fully saturated rings. The summed E-state index contributed by atoms with van der Waals surface area (Å²) in [7, 11) is 0. The van der Waals surface area contributed by atoms with Crippen molar-refractivity contribution in [1.29, 1.82) is 0 Å². The fourth-order valence-corrected chi connectivity index (χ4v) is 5.47. The summed E-state index contributed by atoms with van der Waals surface area (Å²) in [4.78, 5) is 27.6. The minimum absolute atomic E-state index is 0.0667. The van der Waals surface area contributed by atoms with Crippen LogP contribution in [0.1, 0.15) is 48.2 Å². The first-order valence-corrected chi connectivity index (χ1v) is 9.76. The van der Waals surface area contributed by atoms with Crippen LogP contribution in [0.4, 0.5) is 0 Å². The van der Waals surface area contributed by atoms with E-state index in [1.165, 1.54) is 11.3 Å². The molecular weight excluding hydrogens is 418 g/mol. The molecule has 114 valence electrons. The van der Waals surface area contributed by atoms with Gasteiger partial charge in [0.1, 0.15) is 5.78 Å². The van der Waals surface area contributed by atoms with Gasteiger partial charge >= 0.3 is 0 Å². The van der Waals surface area contributed by atoms with E-state index >= 15 is 0 Å². The number of ketones is 1. The Labute approximate surface area is 145 Å². The van der Waals surface area contributed by atoms with Crippen molar-refractivity contribution in [3.05, 3.63) is 19.2 Å². The van der Waals surface area contributed by atoms with Gasteiger partial charge in [-0.3, -0.25) is 9.59 Å². The van der Waals surface area contributed by atoms with Crippen LogP contribution in [0.25, 0.3) is 0 Å². The summed E-state index contributed by atoms with van der Waals surface area (Å²) in [5.41, 5.74) is 0. The third-order valence-electron chi connectivity index (χ3n) is 4.48. The Morgan fingerprint density at radius 3 is 2.71 bits per heavy atom. The van der Waals surface area contributed by atoms with Gasteiger partial charge in [0.2, 0.25) is 0 Å². The molecule has 2 atom stereocenters. The molecule has 2 aliphatic rings. The van der Waals surface area contributed by atoms with Crippen LogP contribution < -0.4 is 0 Å². The molecular formula is C15H17Br2NO2S. The van der Waals surface area contributed by atoms with E-state index in [1.54, 1.807) is 0 Å². The summed E-state index contributed by atoms with van der Waals surface area (Å²) in [6, 6.07) is 1.99. The van der Waals surface area contributed by atoms with E-state index in [-0.39, 0.29) is 17.9 Å². The number of amides is 1. The molecule has 0 radical (unpaired) electrons. The molecule has 1 saturated heterocycles. The summed E-state index contributed by atoms with van der Waals surface area (Å²) in [6.07, 6.45) is 5.75. The lowest BCUT2D eigenvalue weighted by Crippen LogP contribution is -2.43. The number of carbonyl (C=O) groups is 2. The van der Waals surface area contributed by atoms with E-state index in [4.69, 9.17) is 0 Å². The predicted molar refractivity (Wildman–Crippen MR) is 90.7 cm³/mol. The van der Waals surface area contributed by atoms with Gasteiger partial charge in [-0.15, -0.1) is 11.3 Å². The minimum Gasteiger partial charge on any atom is -0.334 e. The lowest BCUT2D eigenvalue weighted by Gasteiger charge is -2.32. The van der Waals surface area contributed by atoms with E-state index in [9.17, 15) is 9.59 Å². The Kier molecular flexibility index (Phi) is 4.86. The van der Waals surface area contributed by atoms with E-state index in [1.807, 2.05) is 11.0 Å². The first kappa shape index (κ1) is 15.7. The molecule has 1 aliphatic heterocycles. The van der Waals surface area contributed by atoms with Crippen molar-refractivity contribution in [1.82, 2.24) is 4.90 Å². The van der Waals surface area contributed by atoms with E-state index in [0.717, 1.165) is 51.8 Å². The Bertz CT molecular complexity index is 553. The van der Waals surface area contributed by atoms with Crippen LogP contribution in [0.2, 0.25) is 0 Å². The molecule has 1 aromatic heterocycles. The van der Waals surface area contributed by atoms with Gasteiger partial charge in [0.05, 0.1) is 8.66 Å². The molecule has 21 heavy (non-hydrogen) atoms. The summed E-state index contributed by atoms with van der Waals surface area (Å²) in [5.74, 6) is 0.504. The molecule has 1 aromatic rings. The monoisotopic (exact) mass is 433 g/mol. The molecule has 3 nitrogen and oxygen atoms in total. The summed E-state index contributed by atoms with van der Waals surface area (Å²) >= 11 is 8.33. The fraction of sp³-hybridized carbons (Fsp3) is 0.600. The highest BCUT2D eigenvalue weighted by atomic mass is 79.9. The van der Waals surface area contributed by atoms with Crippen LogP contribution in [-0.4, -0.2) is 29.2 Å². The molecule has 6 heteroatoms. The zero-order chi connectivity index (χ0) is 15.0. The van der Waals surface area contributed by atoms with E-state index < -0.39 is 0 Å². The fourth-order valence-electron chi connectivity index (χ4n) is 3.47. The number of thiophene rings is 1. The van der Waals surface area contributed by atoms with Crippen molar-refractivity contribution in [3.8, 4) is 0 Å². The largest absolute Gasteiger partial charge is 0.334 e. The zero-order valence-electron chi connectivity index (χ0n) is 11.6. The zero-order valence-corrected chi connectivity index (χ0v) is 15.6. The first-order chi connectivity index (χ1) is 10.1. The second-order valence-corrected chi connectivity index (χ2v) is 8.98. The number of hydrogen-bond acceptors (Lipinski definition) is 3. The standard InChI is InChI=1S/C15H17Br2NO2S/c16-10-8-13(21-14(10)17)15(20)18-7-3-5-11(18)9-4-1-2-6-12(9)19/h8-9,11H,1-7H2. The molecule has 2 heterocycles. The Balaban J connectivity index is 1.80. The van der Waals surface area contributed by atoms with Crippen molar-refractivity contribution >= 4 is 54.9 Å². The van der Waals surface area contributed by atoms with Gasteiger partial charge < -0.3 is 4.90 Å². The van der Waals surface area contributed by atoms with Crippen LogP contribution in [0, 0.1) is 5.92 Å². The number of carbonyl (C=O) groups excluding carboxylic acids is 2. The molecule has 1 saturated carbocycles. The third kappa shape index (κ3) is 3.13. The van der Waals surface area contributed by atoms with E-state index in [2.05, 4.69) is 31.9 Å². The lowest BCUT2D eigenvalue weighted by molar-refractivity contribution is -0.126. The van der Waals surface area contributed by atoms with Gasteiger partial charge in [-0.05, 0) is 63.6 Å². The highest BCUT2D eigenvalue weighted by molar-refractivity contribution is 9.13. The van der Waals surface area contributed by atoms with Crippen LogP contribution in [0.15, 0.2) is 14.3 Å². The number of Topliss-reactive ketones (excluding diaryl/α,β-unsaturated/α-hetero) is 1. The third-order valence-corrected chi connectivity index (χ3v) is 7.73. The predicted octanol–water partition coefficient (Wildman–Crippen LogP) is 4.64. The molecule has 0 N–H and O–H groups in total. The van der Waals surface area contributed by atoms with Gasteiger partial charge in [-0.1, -0.05) is 6.42 Å². The Morgan fingerprint density at radius 2 is 2.05 bits per heavy atom. The lowest BCUT2D eigenvalue weighted by atomic mass is 9.82. The second kappa shape index (κ2) is 6.50. The van der Waals surface area contributed by atoms with Crippen LogP contribution in [0.3, 0.4) is 0 Å². The normalized spacial score (nSPS) is 26.4. The van der Waals surface area contributed by atoms with Gasteiger partial charge in [-0.2, -0.15) is 0 Å². The number of likely N-dealkylation sites (tertiary alicyclic amines) is 1. The molecule has 2 unspecified atom stereocenters. The Morgan fingerprint density at radius 1 is 1.24 bits per heavy atom.